The Bertz CT molecular complexity index is 652. The number of hydrogen-bond acceptors (Lipinski definition) is 3. The standard InChI is InChI=1S/C17H21N3O/c1-11-4-5-12(2)16(8-11)13(3)20-17(21)14-6-7-19-15(9-14)10-18/h4-9,13H,10,18H2,1-3H3,(H,20,21). The molecule has 0 aliphatic rings. The van der Waals surface area contributed by atoms with Gasteiger partial charge in [0.1, 0.15) is 0 Å². The number of carbonyl (C=O) groups is 1. The lowest BCUT2D eigenvalue weighted by molar-refractivity contribution is 0.0939. The van der Waals surface area contributed by atoms with Gasteiger partial charge < -0.3 is 11.1 Å². The molecular weight excluding hydrogens is 262 g/mol. The van der Waals surface area contributed by atoms with Crippen molar-refractivity contribution in [3.63, 3.8) is 0 Å². The number of benzene rings is 1. The molecule has 1 atom stereocenters. The normalized spacial score (nSPS) is 12.0. The molecule has 0 saturated carbocycles. The Labute approximate surface area is 125 Å². The minimum atomic E-state index is -0.111. The average molecular weight is 283 g/mol. The quantitative estimate of drug-likeness (QED) is 0.906. The molecule has 4 heteroatoms. The second kappa shape index (κ2) is 6.50. The van der Waals surface area contributed by atoms with Crippen LogP contribution >= 0.6 is 0 Å². The fourth-order valence-electron chi connectivity index (χ4n) is 2.32. The summed E-state index contributed by atoms with van der Waals surface area (Å²) in [6.45, 7) is 6.42. The molecule has 2 rings (SSSR count). The molecule has 3 N–H and O–H groups in total. The molecule has 0 aliphatic carbocycles. The number of aromatic nitrogens is 1. The van der Waals surface area contributed by atoms with E-state index in [1.165, 1.54) is 11.1 Å². The maximum atomic E-state index is 12.3. The highest BCUT2D eigenvalue weighted by Crippen LogP contribution is 2.19. The van der Waals surface area contributed by atoms with Gasteiger partial charge in [-0.05, 0) is 44.0 Å². The molecule has 0 fully saturated rings. The second-order valence-corrected chi connectivity index (χ2v) is 5.30. The van der Waals surface area contributed by atoms with Crippen LogP contribution in [0.15, 0.2) is 36.5 Å². The van der Waals surface area contributed by atoms with Gasteiger partial charge in [0.05, 0.1) is 11.7 Å². The number of amides is 1. The SMILES string of the molecule is Cc1ccc(C)c(C(C)NC(=O)c2ccnc(CN)c2)c1. The molecule has 1 aromatic carbocycles. The van der Waals surface area contributed by atoms with Gasteiger partial charge in [-0.1, -0.05) is 23.8 Å². The maximum Gasteiger partial charge on any atom is 0.251 e. The van der Waals surface area contributed by atoms with Crippen molar-refractivity contribution in [1.82, 2.24) is 10.3 Å². The molecule has 21 heavy (non-hydrogen) atoms. The van der Waals surface area contributed by atoms with Crippen LogP contribution < -0.4 is 11.1 Å². The van der Waals surface area contributed by atoms with Crippen LogP contribution in [-0.4, -0.2) is 10.9 Å². The first-order valence-electron chi connectivity index (χ1n) is 7.04. The van der Waals surface area contributed by atoms with Crippen molar-refractivity contribution in [3.05, 3.63) is 64.5 Å². The summed E-state index contributed by atoms with van der Waals surface area (Å²) in [6.07, 6.45) is 1.61. The van der Waals surface area contributed by atoms with E-state index in [0.717, 1.165) is 5.56 Å². The summed E-state index contributed by atoms with van der Waals surface area (Å²) in [7, 11) is 0. The van der Waals surface area contributed by atoms with Crippen LogP contribution in [-0.2, 0) is 6.54 Å². The maximum absolute atomic E-state index is 12.3. The third kappa shape index (κ3) is 3.67. The van der Waals surface area contributed by atoms with Crippen LogP contribution in [0.3, 0.4) is 0 Å². The number of pyridine rings is 1. The molecule has 4 nitrogen and oxygen atoms in total. The van der Waals surface area contributed by atoms with E-state index in [1.54, 1.807) is 18.3 Å². The predicted molar refractivity (Wildman–Crippen MR) is 83.9 cm³/mol. The van der Waals surface area contributed by atoms with Crippen molar-refractivity contribution >= 4 is 5.91 Å². The van der Waals surface area contributed by atoms with Gasteiger partial charge in [-0.2, -0.15) is 0 Å². The molecule has 0 spiro atoms. The first kappa shape index (κ1) is 15.2. The van der Waals surface area contributed by atoms with Crippen molar-refractivity contribution < 1.29 is 4.79 Å². The number of nitrogens with one attached hydrogen (secondary N) is 1. The van der Waals surface area contributed by atoms with E-state index >= 15 is 0 Å². The minimum Gasteiger partial charge on any atom is -0.346 e. The van der Waals surface area contributed by atoms with Crippen LogP contribution in [0.5, 0.6) is 0 Å². The van der Waals surface area contributed by atoms with E-state index in [-0.39, 0.29) is 11.9 Å². The molecule has 1 amide bonds. The van der Waals surface area contributed by atoms with E-state index < -0.39 is 0 Å². The zero-order valence-corrected chi connectivity index (χ0v) is 12.7. The van der Waals surface area contributed by atoms with Crippen LogP contribution in [0.4, 0.5) is 0 Å². The van der Waals surface area contributed by atoms with E-state index in [0.29, 0.717) is 17.8 Å². The van der Waals surface area contributed by atoms with Crippen molar-refractivity contribution in [2.24, 2.45) is 5.73 Å². The number of carbonyl (C=O) groups excluding carboxylic acids is 1. The lowest BCUT2D eigenvalue weighted by atomic mass is 10.00. The van der Waals surface area contributed by atoms with Gasteiger partial charge in [-0.3, -0.25) is 9.78 Å². The molecule has 2 aromatic rings. The summed E-state index contributed by atoms with van der Waals surface area (Å²) in [5.74, 6) is -0.111. The molecule has 1 heterocycles. The van der Waals surface area contributed by atoms with Gasteiger partial charge in [0, 0.05) is 18.3 Å². The summed E-state index contributed by atoms with van der Waals surface area (Å²) in [5.41, 5.74) is 10.3. The van der Waals surface area contributed by atoms with Crippen molar-refractivity contribution in [3.8, 4) is 0 Å². The number of hydrogen-bond donors (Lipinski definition) is 2. The highest BCUT2D eigenvalue weighted by atomic mass is 16.1. The molecule has 110 valence electrons. The smallest absolute Gasteiger partial charge is 0.251 e. The highest BCUT2D eigenvalue weighted by molar-refractivity contribution is 5.94. The Balaban J connectivity index is 2.16. The monoisotopic (exact) mass is 283 g/mol. The largest absolute Gasteiger partial charge is 0.346 e. The van der Waals surface area contributed by atoms with Crippen molar-refractivity contribution in [1.29, 1.82) is 0 Å². The van der Waals surface area contributed by atoms with Crippen LogP contribution in [0.2, 0.25) is 0 Å². The van der Waals surface area contributed by atoms with Crippen molar-refractivity contribution in [2.75, 3.05) is 0 Å². The molecule has 0 aliphatic heterocycles. The summed E-state index contributed by atoms with van der Waals surface area (Å²) >= 11 is 0. The van der Waals surface area contributed by atoms with Gasteiger partial charge in [0.15, 0.2) is 0 Å². The molecule has 0 bridgehead atoms. The molecule has 0 saturated heterocycles. The van der Waals surface area contributed by atoms with E-state index in [1.807, 2.05) is 13.8 Å². The Morgan fingerprint density at radius 1 is 1.29 bits per heavy atom. The van der Waals surface area contributed by atoms with Gasteiger partial charge in [-0.15, -0.1) is 0 Å². The Morgan fingerprint density at radius 2 is 2.05 bits per heavy atom. The van der Waals surface area contributed by atoms with Crippen LogP contribution in [0.1, 0.15) is 45.7 Å². The second-order valence-electron chi connectivity index (χ2n) is 5.30. The predicted octanol–water partition coefficient (Wildman–Crippen LogP) is 2.65. The summed E-state index contributed by atoms with van der Waals surface area (Å²) < 4.78 is 0. The molecule has 1 unspecified atom stereocenters. The first-order chi connectivity index (χ1) is 10.0. The number of aryl methyl sites for hydroxylation is 2. The Hall–Kier alpha value is -2.20. The van der Waals surface area contributed by atoms with Crippen molar-refractivity contribution in [2.45, 2.75) is 33.4 Å². The van der Waals surface area contributed by atoms with Gasteiger partial charge in [0.25, 0.3) is 5.91 Å². The highest BCUT2D eigenvalue weighted by Gasteiger charge is 2.13. The van der Waals surface area contributed by atoms with Gasteiger partial charge in [-0.25, -0.2) is 0 Å². The fourth-order valence-corrected chi connectivity index (χ4v) is 2.32. The lowest BCUT2D eigenvalue weighted by Crippen LogP contribution is -2.27. The minimum absolute atomic E-state index is 0.0492. The summed E-state index contributed by atoms with van der Waals surface area (Å²) in [4.78, 5) is 16.4. The summed E-state index contributed by atoms with van der Waals surface area (Å²) in [6, 6.07) is 9.64. The fraction of sp³-hybridized carbons (Fsp3) is 0.294. The number of nitrogens with two attached hydrogens (primary N) is 1. The molecular formula is C17H21N3O. The zero-order valence-electron chi connectivity index (χ0n) is 12.7. The topological polar surface area (TPSA) is 68.0 Å². The third-order valence-electron chi connectivity index (χ3n) is 3.54. The summed E-state index contributed by atoms with van der Waals surface area (Å²) in [5, 5.41) is 3.02. The molecule has 1 aromatic heterocycles. The third-order valence-corrected chi connectivity index (χ3v) is 3.54. The van der Waals surface area contributed by atoms with Crippen LogP contribution in [0.25, 0.3) is 0 Å². The van der Waals surface area contributed by atoms with E-state index in [2.05, 4.69) is 35.4 Å². The van der Waals surface area contributed by atoms with Gasteiger partial charge >= 0.3 is 0 Å². The van der Waals surface area contributed by atoms with Gasteiger partial charge in [0.2, 0.25) is 0 Å². The lowest BCUT2D eigenvalue weighted by Gasteiger charge is -2.17. The Kier molecular flexibility index (Phi) is 4.70. The van der Waals surface area contributed by atoms with E-state index in [4.69, 9.17) is 5.73 Å². The number of nitrogens with zero attached hydrogens (tertiary/aromatic N) is 1. The zero-order chi connectivity index (χ0) is 15.4. The number of rotatable bonds is 4. The van der Waals surface area contributed by atoms with Crippen LogP contribution in [0, 0.1) is 13.8 Å². The molecule has 0 radical (unpaired) electrons. The first-order valence-corrected chi connectivity index (χ1v) is 7.04. The van der Waals surface area contributed by atoms with E-state index in [9.17, 15) is 4.79 Å². The average Bonchev–Trinajstić information content (AvgIpc) is 2.49. The Morgan fingerprint density at radius 3 is 2.76 bits per heavy atom.